The maximum absolute atomic E-state index is 9.38. The molecule has 0 radical (unpaired) electrons. The van der Waals surface area contributed by atoms with Gasteiger partial charge in [-0.2, -0.15) is 0 Å². The lowest BCUT2D eigenvalue weighted by Crippen LogP contribution is -1.79. The Bertz CT molecular complexity index is 463. The number of aromatic hydroxyl groups is 1. The van der Waals surface area contributed by atoms with E-state index in [0.717, 1.165) is 16.3 Å². The average molecular weight is 193 g/mol. The number of hydrogen-bond acceptors (Lipinski definition) is 1. The molecule has 0 heterocycles. The van der Waals surface area contributed by atoms with E-state index in [4.69, 9.17) is 11.6 Å². The molecule has 0 atom stereocenters. The van der Waals surface area contributed by atoms with E-state index in [2.05, 4.69) is 0 Å². The van der Waals surface area contributed by atoms with Crippen LogP contribution in [-0.2, 0) is 0 Å². The van der Waals surface area contributed by atoms with Crippen molar-refractivity contribution in [3.05, 3.63) is 40.9 Å². The predicted octanol–water partition coefficient (Wildman–Crippen LogP) is 3.51. The third-order valence-corrected chi connectivity index (χ3v) is 2.46. The maximum Gasteiger partial charge on any atom is 0.116 e. The first-order valence-corrected chi connectivity index (χ1v) is 4.44. The van der Waals surface area contributed by atoms with E-state index in [1.165, 1.54) is 0 Å². The number of fused-ring (bicyclic) bond motifs is 1. The van der Waals surface area contributed by atoms with E-state index in [0.29, 0.717) is 5.02 Å². The maximum atomic E-state index is 9.38. The van der Waals surface area contributed by atoms with Crippen LogP contribution in [0.15, 0.2) is 30.3 Å². The molecule has 0 bridgehead atoms. The summed E-state index contributed by atoms with van der Waals surface area (Å²) in [7, 11) is 0. The molecule has 0 aliphatic heterocycles. The molecule has 2 rings (SSSR count). The van der Waals surface area contributed by atoms with Crippen LogP contribution in [0.1, 0.15) is 5.56 Å². The number of phenols is 1. The zero-order valence-corrected chi connectivity index (χ0v) is 7.97. The van der Waals surface area contributed by atoms with Crippen molar-refractivity contribution in [1.82, 2.24) is 0 Å². The molecule has 0 saturated heterocycles. The lowest BCUT2D eigenvalue weighted by Gasteiger charge is -2.04. The van der Waals surface area contributed by atoms with E-state index in [1.54, 1.807) is 12.1 Å². The van der Waals surface area contributed by atoms with Gasteiger partial charge in [0.15, 0.2) is 0 Å². The van der Waals surface area contributed by atoms with Gasteiger partial charge in [-0.3, -0.25) is 0 Å². The van der Waals surface area contributed by atoms with Crippen molar-refractivity contribution < 1.29 is 5.11 Å². The van der Waals surface area contributed by atoms with E-state index in [9.17, 15) is 5.11 Å². The van der Waals surface area contributed by atoms with Gasteiger partial charge in [0.2, 0.25) is 0 Å². The highest BCUT2D eigenvalue weighted by Gasteiger charge is 2.02. The highest BCUT2D eigenvalue weighted by atomic mass is 35.5. The third kappa shape index (κ3) is 1.36. The molecular weight excluding hydrogens is 184 g/mol. The van der Waals surface area contributed by atoms with Crippen LogP contribution in [0, 0.1) is 6.92 Å². The molecule has 1 N–H and O–H groups in total. The number of rotatable bonds is 0. The smallest absolute Gasteiger partial charge is 0.116 e. The zero-order valence-electron chi connectivity index (χ0n) is 7.21. The second-order valence-electron chi connectivity index (χ2n) is 3.10. The fraction of sp³-hybridized carbons (Fsp3) is 0.0909. The van der Waals surface area contributed by atoms with Crippen LogP contribution in [0.25, 0.3) is 10.8 Å². The molecule has 2 aromatic carbocycles. The highest BCUT2D eigenvalue weighted by Crippen LogP contribution is 2.29. The van der Waals surface area contributed by atoms with Crippen LogP contribution in [0.3, 0.4) is 0 Å². The zero-order chi connectivity index (χ0) is 9.42. The first-order chi connectivity index (χ1) is 6.18. The Balaban J connectivity index is 2.94. The molecule has 0 aromatic heterocycles. The van der Waals surface area contributed by atoms with Crippen molar-refractivity contribution in [1.29, 1.82) is 0 Å². The molecular formula is C11H9ClO. The quantitative estimate of drug-likeness (QED) is 0.677. The summed E-state index contributed by atoms with van der Waals surface area (Å²) in [5, 5.41) is 12.0. The van der Waals surface area contributed by atoms with Gasteiger partial charge in [0.25, 0.3) is 0 Å². The van der Waals surface area contributed by atoms with Crippen molar-refractivity contribution >= 4 is 22.4 Å². The molecule has 0 spiro atoms. The van der Waals surface area contributed by atoms with E-state index < -0.39 is 0 Å². The largest absolute Gasteiger partial charge is 0.508 e. The van der Waals surface area contributed by atoms with Gasteiger partial charge < -0.3 is 5.11 Å². The first kappa shape index (κ1) is 8.39. The Hall–Kier alpha value is -1.21. The van der Waals surface area contributed by atoms with Crippen LogP contribution < -0.4 is 0 Å². The summed E-state index contributed by atoms with van der Waals surface area (Å²) in [6, 6.07) is 9.15. The summed E-state index contributed by atoms with van der Waals surface area (Å²) in [6.45, 7) is 1.96. The predicted molar refractivity (Wildman–Crippen MR) is 55.4 cm³/mol. The van der Waals surface area contributed by atoms with Crippen molar-refractivity contribution in [3.8, 4) is 5.75 Å². The second-order valence-corrected chi connectivity index (χ2v) is 3.50. The molecule has 0 aliphatic rings. The summed E-state index contributed by atoms with van der Waals surface area (Å²) < 4.78 is 0. The van der Waals surface area contributed by atoms with Crippen LogP contribution in [0.5, 0.6) is 5.75 Å². The summed E-state index contributed by atoms with van der Waals surface area (Å²) >= 11 is 5.99. The summed E-state index contributed by atoms with van der Waals surface area (Å²) in [4.78, 5) is 0. The standard InChI is InChI=1S/C11H9ClO/c1-7-5-8(13)6-10-9(7)3-2-4-11(10)12/h2-6,13H,1H3. The molecule has 0 fully saturated rings. The summed E-state index contributed by atoms with van der Waals surface area (Å²) in [5.41, 5.74) is 1.04. The Morgan fingerprint density at radius 1 is 1.15 bits per heavy atom. The van der Waals surface area contributed by atoms with Gasteiger partial charge >= 0.3 is 0 Å². The number of hydrogen-bond donors (Lipinski definition) is 1. The second kappa shape index (κ2) is 2.93. The monoisotopic (exact) mass is 192 g/mol. The van der Waals surface area contributed by atoms with Gasteiger partial charge in [-0.05, 0) is 36.1 Å². The molecule has 0 unspecified atom stereocenters. The topological polar surface area (TPSA) is 20.2 Å². The van der Waals surface area contributed by atoms with Gasteiger partial charge in [0.1, 0.15) is 5.75 Å². The van der Waals surface area contributed by atoms with E-state index in [-0.39, 0.29) is 5.75 Å². The van der Waals surface area contributed by atoms with E-state index >= 15 is 0 Å². The summed E-state index contributed by atoms with van der Waals surface area (Å²) in [6.07, 6.45) is 0. The highest BCUT2D eigenvalue weighted by molar-refractivity contribution is 6.35. The SMILES string of the molecule is Cc1cc(O)cc2c(Cl)cccc12. The van der Waals surface area contributed by atoms with E-state index in [1.807, 2.05) is 25.1 Å². The molecule has 13 heavy (non-hydrogen) atoms. The van der Waals surface area contributed by atoms with Crippen LogP contribution in [0.4, 0.5) is 0 Å². The van der Waals surface area contributed by atoms with Crippen molar-refractivity contribution in [3.63, 3.8) is 0 Å². The lowest BCUT2D eigenvalue weighted by atomic mass is 10.1. The Morgan fingerprint density at radius 3 is 2.69 bits per heavy atom. The van der Waals surface area contributed by atoms with Gasteiger partial charge in [-0.15, -0.1) is 0 Å². The molecule has 0 aliphatic carbocycles. The Kier molecular flexibility index (Phi) is 1.89. The number of aryl methyl sites for hydroxylation is 1. The lowest BCUT2D eigenvalue weighted by molar-refractivity contribution is 0.476. The number of halogens is 1. The molecule has 1 nitrogen and oxygen atoms in total. The van der Waals surface area contributed by atoms with Crippen LogP contribution in [-0.4, -0.2) is 5.11 Å². The number of phenolic OH excluding ortho intramolecular Hbond substituents is 1. The molecule has 2 heteroatoms. The average Bonchev–Trinajstić information content (AvgIpc) is 2.07. The van der Waals surface area contributed by atoms with Crippen LogP contribution >= 0.6 is 11.6 Å². The van der Waals surface area contributed by atoms with Crippen molar-refractivity contribution in [2.24, 2.45) is 0 Å². The summed E-state index contributed by atoms with van der Waals surface area (Å²) in [5.74, 6) is 0.262. The molecule has 0 saturated carbocycles. The fourth-order valence-electron chi connectivity index (χ4n) is 1.52. The van der Waals surface area contributed by atoms with Crippen LogP contribution in [0.2, 0.25) is 5.02 Å². The minimum absolute atomic E-state index is 0.262. The Labute approximate surface area is 81.6 Å². The minimum Gasteiger partial charge on any atom is -0.508 e. The first-order valence-electron chi connectivity index (χ1n) is 4.06. The van der Waals surface area contributed by atoms with Crippen molar-refractivity contribution in [2.45, 2.75) is 6.92 Å². The van der Waals surface area contributed by atoms with Gasteiger partial charge in [0, 0.05) is 10.4 Å². The normalized spacial score (nSPS) is 10.6. The fourth-order valence-corrected chi connectivity index (χ4v) is 1.75. The molecule has 2 aromatic rings. The van der Waals surface area contributed by atoms with Crippen molar-refractivity contribution in [2.75, 3.05) is 0 Å². The van der Waals surface area contributed by atoms with Gasteiger partial charge in [-0.1, -0.05) is 23.7 Å². The molecule has 66 valence electrons. The third-order valence-electron chi connectivity index (χ3n) is 2.13. The van der Waals surface area contributed by atoms with Gasteiger partial charge in [-0.25, -0.2) is 0 Å². The Morgan fingerprint density at radius 2 is 1.92 bits per heavy atom. The van der Waals surface area contributed by atoms with Gasteiger partial charge in [0.05, 0.1) is 0 Å². The minimum atomic E-state index is 0.262. The number of benzene rings is 2. The molecule has 0 amide bonds.